The molecule has 0 saturated heterocycles. The molecule has 0 amide bonds. The number of carbonyl (C=O) groups excluding carboxylic acids is 1. The largest absolute Gasteiger partial charge is 0.485 e. The van der Waals surface area contributed by atoms with Crippen LogP contribution >= 0.6 is 45.2 Å². The number of ketones is 1. The van der Waals surface area contributed by atoms with Crippen molar-refractivity contribution in [2.24, 2.45) is 0 Å². The van der Waals surface area contributed by atoms with Crippen LogP contribution in [0.25, 0.3) is 11.0 Å². The molecule has 0 atom stereocenters. The van der Waals surface area contributed by atoms with Crippen LogP contribution in [0.3, 0.4) is 0 Å². The average molecular weight is 590 g/mol. The Morgan fingerprint density at radius 3 is 2.56 bits per heavy atom. The van der Waals surface area contributed by atoms with Gasteiger partial charge in [0.1, 0.15) is 30.2 Å². The van der Waals surface area contributed by atoms with Gasteiger partial charge in [-0.25, -0.2) is 0 Å². The third-order valence-corrected chi connectivity index (χ3v) is 5.91. The Morgan fingerprint density at radius 2 is 1.89 bits per heavy atom. The van der Waals surface area contributed by atoms with E-state index in [1.807, 2.05) is 36.4 Å². The van der Waals surface area contributed by atoms with Gasteiger partial charge in [-0.1, -0.05) is 31.5 Å². The van der Waals surface area contributed by atoms with Crippen molar-refractivity contribution in [3.8, 4) is 5.75 Å². The number of rotatable bonds is 8. The molecule has 3 rings (SSSR count). The number of carbonyl (C=O) groups is 1. The van der Waals surface area contributed by atoms with E-state index in [-0.39, 0.29) is 5.78 Å². The molecule has 27 heavy (non-hydrogen) atoms. The van der Waals surface area contributed by atoms with Gasteiger partial charge in [0.25, 0.3) is 0 Å². The van der Waals surface area contributed by atoms with Crippen LogP contribution in [0.4, 0.5) is 0 Å². The minimum atomic E-state index is 0.00518. The van der Waals surface area contributed by atoms with Crippen LogP contribution in [-0.2, 0) is 6.42 Å². The number of aryl methyl sites for hydroxylation is 1. The lowest BCUT2D eigenvalue weighted by Gasteiger charge is -2.11. The molecule has 0 spiro atoms. The summed E-state index contributed by atoms with van der Waals surface area (Å²) in [4.78, 5) is 13.4. The fourth-order valence-electron chi connectivity index (χ4n) is 3.01. The van der Waals surface area contributed by atoms with Crippen molar-refractivity contribution in [3.63, 3.8) is 0 Å². The zero-order valence-electron chi connectivity index (χ0n) is 15.2. The van der Waals surface area contributed by atoms with Crippen molar-refractivity contribution in [1.82, 2.24) is 0 Å². The third-order valence-electron chi connectivity index (χ3n) is 4.30. The number of benzene rings is 2. The summed E-state index contributed by atoms with van der Waals surface area (Å²) in [6, 6.07) is 11.6. The summed E-state index contributed by atoms with van der Waals surface area (Å²) in [5.74, 6) is 1.61. The maximum atomic E-state index is 13.4. The van der Waals surface area contributed by atoms with Gasteiger partial charge in [-0.15, -0.1) is 0 Å². The predicted molar refractivity (Wildman–Crippen MR) is 123 cm³/mol. The number of halogens is 2. The van der Waals surface area contributed by atoms with Crippen molar-refractivity contribution in [2.75, 3.05) is 13.2 Å². The first-order valence-corrected chi connectivity index (χ1v) is 11.2. The average Bonchev–Trinajstić information content (AvgIpc) is 3.03. The maximum Gasteiger partial charge on any atom is 0.197 e. The maximum absolute atomic E-state index is 13.4. The topological polar surface area (TPSA) is 67.1 Å². The molecule has 2 aromatic carbocycles. The molecule has 3 aromatic rings. The quantitative estimate of drug-likeness (QED) is 0.302. The van der Waals surface area contributed by atoms with Gasteiger partial charge in [-0.05, 0) is 69.8 Å². The highest BCUT2D eigenvalue weighted by molar-refractivity contribution is 14.1. The normalized spacial score (nSPS) is 11.1. The second kappa shape index (κ2) is 9.38. The summed E-state index contributed by atoms with van der Waals surface area (Å²) in [6.45, 7) is 3.40. The molecular weight excluding hydrogens is 568 g/mol. The van der Waals surface area contributed by atoms with Crippen LogP contribution in [0.15, 0.2) is 40.8 Å². The van der Waals surface area contributed by atoms with Crippen LogP contribution in [0.2, 0.25) is 0 Å². The molecule has 0 aliphatic heterocycles. The molecule has 0 aliphatic rings. The SMILES string of the molecule is CCCCc1oc2ccccc2c1C(=O)c1cc(I)c(OCC[NH3+])c(I)c1. The highest BCUT2D eigenvalue weighted by Crippen LogP contribution is 2.33. The summed E-state index contributed by atoms with van der Waals surface area (Å²) < 4.78 is 13.7. The molecule has 142 valence electrons. The lowest BCUT2D eigenvalue weighted by atomic mass is 9.98. The van der Waals surface area contributed by atoms with Crippen LogP contribution in [0.1, 0.15) is 41.4 Å². The molecular formula is C21H22I2NO3+. The molecule has 0 bridgehead atoms. The number of quaternary nitrogens is 1. The smallest absolute Gasteiger partial charge is 0.197 e. The highest BCUT2D eigenvalue weighted by Gasteiger charge is 2.23. The van der Waals surface area contributed by atoms with Gasteiger partial charge in [-0.2, -0.15) is 0 Å². The Hall–Kier alpha value is -1.13. The first-order valence-electron chi connectivity index (χ1n) is 9.03. The molecule has 0 unspecified atom stereocenters. The zero-order valence-corrected chi connectivity index (χ0v) is 19.5. The van der Waals surface area contributed by atoms with Gasteiger partial charge < -0.3 is 14.9 Å². The number of hydrogen-bond acceptors (Lipinski definition) is 3. The number of ether oxygens (including phenoxy) is 1. The van der Waals surface area contributed by atoms with Crippen LogP contribution in [-0.4, -0.2) is 18.9 Å². The highest BCUT2D eigenvalue weighted by atomic mass is 127. The Morgan fingerprint density at radius 1 is 1.19 bits per heavy atom. The standard InChI is InChI=1S/C21H21I2NO3/c1-2-3-7-18-19(14-6-4-5-8-17(14)27-18)20(25)13-11-15(22)21(16(23)12-13)26-10-9-24/h4-6,8,11-12H,2-3,7,9-10,24H2,1H3/p+1. The molecule has 0 saturated carbocycles. The Labute approximate surface area is 186 Å². The number of unbranched alkanes of at least 4 members (excludes halogenated alkanes) is 1. The molecule has 0 fully saturated rings. The minimum absolute atomic E-state index is 0.00518. The van der Waals surface area contributed by atoms with E-state index in [4.69, 9.17) is 9.15 Å². The number of fused-ring (bicyclic) bond motifs is 1. The van der Waals surface area contributed by atoms with Gasteiger partial charge in [-0.3, -0.25) is 4.79 Å². The fourth-order valence-corrected chi connectivity index (χ4v) is 5.09. The lowest BCUT2D eigenvalue weighted by molar-refractivity contribution is -0.371. The van der Waals surface area contributed by atoms with Gasteiger partial charge in [0.2, 0.25) is 0 Å². The molecule has 6 heteroatoms. The summed E-state index contributed by atoms with van der Waals surface area (Å²) in [7, 11) is 0. The second-order valence-corrected chi connectivity index (χ2v) is 8.62. The fraction of sp³-hybridized carbons (Fsp3) is 0.286. The first-order chi connectivity index (χ1) is 13.1. The van der Waals surface area contributed by atoms with E-state index < -0.39 is 0 Å². The van der Waals surface area contributed by atoms with Crippen LogP contribution < -0.4 is 10.5 Å². The van der Waals surface area contributed by atoms with E-state index >= 15 is 0 Å². The van der Waals surface area contributed by atoms with Crippen LogP contribution in [0, 0.1) is 7.14 Å². The predicted octanol–water partition coefficient (Wildman–Crippen LogP) is 4.84. The van der Waals surface area contributed by atoms with E-state index in [2.05, 4.69) is 57.8 Å². The molecule has 1 heterocycles. The molecule has 1 aromatic heterocycles. The molecule has 0 radical (unpaired) electrons. The van der Waals surface area contributed by atoms with Crippen molar-refractivity contribution in [2.45, 2.75) is 26.2 Å². The van der Waals surface area contributed by atoms with E-state index in [1.54, 1.807) is 0 Å². The molecule has 4 nitrogen and oxygen atoms in total. The van der Waals surface area contributed by atoms with Gasteiger partial charge in [0, 0.05) is 17.4 Å². The van der Waals surface area contributed by atoms with Crippen molar-refractivity contribution < 1.29 is 19.7 Å². The number of hydrogen-bond donors (Lipinski definition) is 1. The van der Waals surface area contributed by atoms with Gasteiger partial charge in [0.05, 0.1) is 12.7 Å². The number of furan rings is 1. The second-order valence-electron chi connectivity index (χ2n) is 6.30. The van der Waals surface area contributed by atoms with Gasteiger partial charge >= 0.3 is 0 Å². The minimum Gasteiger partial charge on any atom is -0.485 e. The Balaban J connectivity index is 2.05. The van der Waals surface area contributed by atoms with Crippen molar-refractivity contribution >= 4 is 61.9 Å². The summed E-state index contributed by atoms with van der Waals surface area (Å²) in [6.07, 6.45) is 2.82. The Bertz CT molecular complexity index is 942. The summed E-state index contributed by atoms with van der Waals surface area (Å²) >= 11 is 4.45. The van der Waals surface area contributed by atoms with Gasteiger partial charge in [0.15, 0.2) is 5.78 Å². The van der Waals surface area contributed by atoms with E-state index in [9.17, 15) is 4.79 Å². The summed E-state index contributed by atoms with van der Waals surface area (Å²) in [5, 5.41) is 0.885. The van der Waals surface area contributed by atoms with E-state index in [0.717, 1.165) is 48.9 Å². The summed E-state index contributed by atoms with van der Waals surface area (Å²) in [5.41, 5.74) is 5.93. The van der Waals surface area contributed by atoms with E-state index in [0.29, 0.717) is 24.3 Å². The first kappa shape index (κ1) is 20.6. The monoisotopic (exact) mass is 590 g/mol. The van der Waals surface area contributed by atoms with Crippen molar-refractivity contribution in [3.05, 3.63) is 60.4 Å². The third kappa shape index (κ3) is 4.48. The molecule has 0 aliphatic carbocycles. The Kier molecular flexibility index (Phi) is 7.16. The molecule has 3 N–H and O–H groups in total. The number of para-hydroxylation sites is 1. The lowest BCUT2D eigenvalue weighted by Crippen LogP contribution is -2.52. The zero-order chi connectivity index (χ0) is 19.4. The van der Waals surface area contributed by atoms with Crippen LogP contribution in [0.5, 0.6) is 5.75 Å². The van der Waals surface area contributed by atoms with E-state index in [1.165, 1.54) is 0 Å². The van der Waals surface area contributed by atoms with Crippen molar-refractivity contribution in [1.29, 1.82) is 0 Å².